The molecule has 2 aromatic heterocycles. The lowest BCUT2D eigenvalue weighted by Crippen LogP contribution is -2.38. The minimum absolute atomic E-state index is 0.0636. The molecule has 1 aliphatic heterocycles. The van der Waals surface area contributed by atoms with E-state index in [0.717, 1.165) is 56.8 Å². The summed E-state index contributed by atoms with van der Waals surface area (Å²) in [5.41, 5.74) is 2.12. The molecule has 0 N–H and O–H groups in total. The van der Waals surface area contributed by atoms with Crippen LogP contribution in [0.2, 0.25) is 0 Å². The summed E-state index contributed by atoms with van der Waals surface area (Å²) in [7, 11) is 4.20. The summed E-state index contributed by atoms with van der Waals surface area (Å²) >= 11 is 0. The molecule has 29 heavy (non-hydrogen) atoms. The molecule has 3 heterocycles. The second-order valence-corrected chi connectivity index (χ2v) is 8.12. The molecule has 0 aliphatic carbocycles. The van der Waals surface area contributed by atoms with Crippen molar-refractivity contribution < 1.29 is 9.21 Å². The van der Waals surface area contributed by atoms with Gasteiger partial charge in [-0.25, -0.2) is 9.97 Å². The van der Waals surface area contributed by atoms with Gasteiger partial charge < -0.3 is 18.8 Å². The Morgan fingerprint density at radius 1 is 1.28 bits per heavy atom. The Morgan fingerprint density at radius 2 is 2.07 bits per heavy atom. The number of carbonyl (C=O) groups is 1. The molecule has 1 saturated heterocycles. The number of likely N-dealkylation sites (tertiary alicyclic amines) is 1. The molecule has 1 aromatic carbocycles. The lowest BCUT2D eigenvalue weighted by atomic mass is 9.95. The Labute approximate surface area is 171 Å². The van der Waals surface area contributed by atoms with E-state index < -0.39 is 0 Å². The van der Waals surface area contributed by atoms with E-state index in [1.807, 2.05) is 30.2 Å². The van der Waals surface area contributed by atoms with Crippen molar-refractivity contribution in [3.05, 3.63) is 47.9 Å². The van der Waals surface area contributed by atoms with Crippen molar-refractivity contribution in [1.29, 1.82) is 0 Å². The van der Waals surface area contributed by atoms with Crippen LogP contribution in [0, 0.1) is 6.92 Å². The Morgan fingerprint density at radius 3 is 2.83 bits per heavy atom. The Bertz CT molecular complexity index is 982. The summed E-state index contributed by atoms with van der Waals surface area (Å²) in [5.74, 6) is 2.25. The Kier molecular flexibility index (Phi) is 5.67. The maximum Gasteiger partial charge on any atom is 0.253 e. The predicted octanol–water partition coefficient (Wildman–Crippen LogP) is 3.30. The van der Waals surface area contributed by atoms with Gasteiger partial charge in [-0.15, -0.1) is 0 Å². The van der Waals surface area contributed by atoms with E-state index in [2.05, 4.69) is 39.7 Å². The molecule has 1 amide bonds. The number of oxazole rings is 1. The number of imidazole rings is 1. The van der Waals surface area contributed by atoms with Crippen LogP contribution in [0.3, 0.4) is 0 Å². The number of piperidine rings is 1. The molecule has 7 nitrogen and oxygen atoms in total. The van der Waals surface area contributed by atoms with Crippen LogP contribution in [0.4, 0.5) is 0 Å². The molecule has 0 atom stereocenters. The monoisotopic (exact) mass is 395 g/mol. The highest BCUT2D eigenvalue weighted by Crippen LogP contribution is 2.28. The van der Waals surface area contributed by atoms with Gasteiger partial charge in [-0.2, -0.15) is 0 Å². The van der Waals surface area contributed by atoms with Crippen LogP contribution in [-0.2, 0) is 6.54 Å². The van der Waals surface area contributed by atoms with Gasteiger partial charge in [0.25, 0.3) is 5.91 Å². The van der Waals surface area contributed by atoms with Gasteiger partial charge in [-0.05, 0) is 58.1 Å². The fourth-order valence-electron chi connectivity index (χ4n) is 4.12. The third-order valence-electron chi connectivity index (χ3n) is 5.64. The predicted molar refractivity (Wildman–Crippen MR) is 112 cm³/mol. The van der Waals surface area contributed by atoms with Crippen molar-refractivity contribution in [3.8, 4) is 0 Å². The number of hydrogen-bond acceptors (Lipinski definition) is 5. The van der Waals surface area contributed by atoms with E-state index in [-0.39, 0.29) is 5.91 Å². The van der Waals surface area contributed by atoms with Crippen LogP contribution >= 0.6 is 0 Å². The molecular formula is C22H29N5O2. The topological polar surface area (TPSA) is 67.4 Å². The van der Waals surface area contributed by atoms with Gasteiger partial charge in [0.15, 0.2) is 11.5 Å². The number of fused-ring (bicyclic) bond motifs is 1. The summed E-state index contributed by atoms with van der Waals surface area (Å²) in [6.45, 7) is 5.38. The summed E-state index contributed by atoms with van der Waals surface area (Å²) in [4.78, 5) is 26.0. The maximum absolute atomic E-state index is 13.0. The van der Waals surface area contributed by atoms with Crippen LogP contribution in [0.15, 0.2) is 35.0 Å². The molecule has 7 heteroatoms. The molecule has 1 fully saturated rings. The zero-order valence-corrected chi connectivity index (χ0v) is 17.5. The summed E-state index contributed by atoms with van der Waals surface area (Å²) in [6.07, 6.45) is 6.98. The van der Waals surface area contributed by atoms with E-state index in [9.17, 15) is 4.79 Å². The number of hydrogen-bond donors (Lipinski definition) is 0. The zero-order chi connectivity index (χ0) is 20.4. The van der Waals surface area contributed by atoms with Crippen molar-refractivity contribution in [1.82, 2.24) is 24.3 Å². The van der Waals surface area contributed by atoms with Crippen LogP contribution in [0.25, 0.3) is 11.1 Å². The van der Waals surface area contributed by atoms with Crippen molar-refractivity contribution >= 4 is 17.0 Å². The van der Waals surface area contributed by atoms with E-state index in [1.165, 1.54) is 0 Å². The largest absolute Gasteiger partial charge is 0.441 e. The first kappa shape index (κ1) is 19.6. The number of nitrogens with zero attached hydrogens (tertiary/aromatic N) is 5. The molecule has 0 bridgehead atoms. The Balaban J connectivity index is 1.38. The summed E-state index contributed by atoms with van der Waals surface area (Å²) in [5, 5.41) is 0. The van der Waals surface area contributed by atoms with Crippen molar-refractivity contribution in [3.63, 3.8) is 0 Å². The third kappa shape index (κ3) is 4.34. The molecule has 4 rings (SSSR count). The number of rotatable bonds is 6. The normalized spacial score (nSPS) is 15.5. The van der Waals surface area contributed by atoms with Crippen LogP contribution in [0.1, 0.15) is 47.3 Å². The quantitative estimate of drug-likeness (QED) is 0.641. The molecule has 0 spiro atoms. The molecule has 154 valence electrons. The second-order valence-electron chi connectivity index (χ2n) is 8.12. The Hall–Kier alpha value is -2.67. The van der Waals surface area contributed by atoms with Gasteiger partial charge in [0, 0.05) is 50.4 Å². The van der Waals surface area contributed by atoms with E-state index in [4.69, 9.17) is 4.42 Å². The molecule has 0 unspecified atom stereocenters. The first-order valence-electron chi connectivity index (χ1n) is 10.3. The first-order valence-corrected chi connectivity index (χ1v) is 10.3. The molecule has 1 aliphatic rings. The van der Waals surface area contributed by atoms with Crippen LogP contribution < -0.4 is 0 Å². The van der Waals surface area contributed by atoms with Gasteiger partial charge in [0.2, 0.25) is 0 Å². The number of aryl methyl sites for hydroxylation is 2. The fraction of sp³-hybridized carbons (Fsp3) is 0.500. The summed E-state index contributed by atoms with van der Waals surface area (Å²) < 4.78 is 7.86. The van der Waals surface area contributed by atoms with E-state index in [1.54, 1.807) is 6.07 Å². The van der Waals surface area contributed by atoms with Gasteiger partial charge in [0.1, 0.15) is 11.3 Å². The average Bonchev–Trinajstić information content (AvgIpc) is 3.32. The smallest absolute Gasteiger partial charge is 0.253 e. The lowest BCUT2D eigenvalue weighted by molar-refractivity contribution is 0.0710. The van der Waals surface area contributed by atoms with Crippen LogP contribution in [-0.4, -0.2) is 64.0 Å². The van der Waals surface area contributed by atoms with Gasteiger partial charge in [-0.1, -0.05) is 0 Å². The highest BCUT2D eigenvalue weighted by molar-refractivity contribution is 5.97. The summed E-state index contributed by atoms with van der Waals surface area (Å²) in [6, 6.07) is 5.51. The fourth-order valence-corrected chi connectivity index (χ4v) is 4.12. The molecule has 0 radical (unpaired) electrons. The molecular weight excluding hydrogens is 366 g/mol. The second kappa shape index (κ2) is 8.37. The van der Waals surface area contributed by atoms with Gasteiger partial charge in [-0.3, -0.25) is 4.79 Å². The minimum atomic E-state index is 0.0636. The van der Waals surface area contributed by atoms with Crippen LogP contribution in [0.5, 0.6) is 0 Å². The first-order chi connectivity index (χ1) is 14.0. The maximum atomic E-state index is 13.0. The molecule has 0 saturated carbocycles. The third-order valence-corrected chi connectivity index (χ3v) is 5.64. The average molecular weight is 396 g/mol. The SMILES string of the molecule is Cc1nc2ccc(C(=O)N3CCC(c4nccn4CCCN(C)C)CC3)cc2o1. The zero-order valence-electron chi connectivity index (χ0n) is 17.5. The van der Waals surface area contributed by atoms with Gasteiger partial charge >= 0.3 is 0 Å². The number of aromatic nitrogens is 3. The lowest BCUT2D eigenvalue weighted by Gasteiger charge is -2.32. The highest BCUT2D eigenvalue weighted by Gasteiger charge is 2.27. The van der Waals surface area contributed by atoms with Gasteiger partial charge in [0.05, 0.1) is 0 Å². The minimum Gasteiger partial charge on any atom is -0.441 e. The van der Waals surface area contributed by atoms with E-state index in [0.29, 0.717) is 23.0 Å². The molecule has 3 aromatic rings. The standard InChI is InChI=1S/C22H29N5O2/c1-16-24-19-6-5-18(15-20(19)29-16)22(28)27-12-7-17(8-13-27)21-23-9-14-26(21)11-4-10-25(2)3/h5-6,9,14-15,17H,4,7-8,10-13H2,1-3H3. The van der Waals surface area contributed by atoms with Crippen molar-refractivity contribution in [2.45, 2.75) is 38.6 Å². The van der Waals surface area contributed by atoms with Crippen molar-refractivity contribution in [2.75, 3.05) is 33.7 Å². The number of benzene rings is 1. The number of carbonyl (C=O) groups excluding carboxylic acids is 1. The highest BCUT2D eigenvalue weighted by atomic mass is 16.3. The number of amides is 1. The van der Waals surface area contributed by atoms with Crippen molar-refractivity contribution in [2.24, 2.45) is 0 Å². The van der Waals surface area contributed by atoms with E-state index >= 15 is 0 Å².